The van der Waals surface area contributed by atoms with E-state index >= 15 is 0 Å². The molecule has 0 unspecified atom stereocenters. The van der Waals surface area contributed by atoms with Gasteiger partial charge in [-0.05, 0) is 18.1 Å². The molecule has 1 aromatic rings. The van der Waals surface area contributed by atoms with Gasteiger partial charge in [0, 0.05) is 12.6 Å². The summed E-state index contributed by atoms with van der Waals surface area (Å²) in [6.07, 6.45) is 0. The molecule has 0 aliphatic heterocycles. The van der Waals surface area contributed by atoms with Crippen LogP contribution in [0.4, 0.5) is 11.4 Å². The Morgan fingerprint density at radius 1 is 1.50 bits per heavy atom. The van der Waals surface area contributed by atoms with Crippen molar-refractivity contribution < 1.29 is 9.72 Å². The van der Waals surface area contributed by atoms with Crippen LogP contribution in [0.2, 0.25) is 0 Å². The van der Waals surface area contributed by atoms with Gasteiger partial charge < -0.3 is 10.6 Å². The Balaban J connectivity index is 2.73. The molecule has 0 fully saturated rings. The summed E-state index contributed by atoms with van der Waals surface area (Å²) < 4.78 is 0. The molecular formula is C13H16N4O3. The number of anilines is 1. The van der Waals surface area contributed by atoms with Crippen LogP contribution in [0, 0.1) is 27.4 Å². The quantitative estimate of drug-likeness (QED) is 0.606. The monoisotopic (exact) mass is 276 g/mol. The maximum Gasteiger partial charge on any atom is 0.292 e. The molecule has 0 aromatic heterocycles. The summed E-state index contributed by atoms with van der Waals surface area (Å²) in [6, 6.07) is 5.86. The molecule has 2 N–H and O–H groups in total. The molecule has 7 nitrogen and oxygen atoms in total. The van der Waals surface area contributed by atoms with Crippen LogP contribution in [0.5, 0.6) is 0 Å². The van der Waals surface area contributed by atoms with E-state index in [0.29, 0.717) is 18.0 Å². The molecule has 0 aliphatic carbocycles. The summed E-state index contributed by atoms with van der Waals surface area (Å²) in [6.45, 7) is 4.40. The first-order chi connectivity index (χ1) is 9.43. The van der Waals surface area contributed by atoms with Crippen molar-refractivity contribution in [2.24, 2.45) is 5.92 Å². The fourth-order valence-corrected chi connectivity index (χ4v) is 1.46. The molecular weight excluding hydrogens is 260 g/mol. The predicted molar refractivity (Wildman–Crippen MR) is 74.1 cm³/mol. The minimum Gasteiger partial charge on any atom is -0.371 e. The number of hydrogen-bond acceptors (Lipinski definition) is 5. The van der Waals surface area contributed by atoms with Crippen LogP contribution in [-0.2, 0) is 4.79 Å². The fraction of sp³-hybridized carbons (Fsp3) is 0.385. The van der Waals surface area contributed by atoms with Gasteiger partial charge in [-0.2, -0.15) is 5.26 Å². The zero-order valence-corrected chi connectivity index (χ0v) is 11.3. The highest BCUT2D eigenvalue weighted by atomic mass is 16.6. The minimum atomic E-state index is -0.560. The number of carbonyl (C=O) groups excluding carboxylic acids is 1. The van der Waals surface area contributed by atoms with Gasteiger partial charge in [-0.15, -0.1) is 0 Å². The number of amides is 1. The lowest BCUT2D eigenvalue weighted by molar-refractivity contribution is -0.384. The third kappa shape index (κ3) is 4.57. The third-order valence-electron chi connectivity index (χ3n) is 2.47. The van der Waals surface area contributed by atoms with Crippen molar-refractivity contribution in [3.63, 3.8) is 0 Å². The number of nitro benzene ring substituents is 1. The third-order valence-corrected chi connectivity index (χ3v) is 2.47. The van der Waals surface area contributed by atoms with Gasteiger partial charge in [-0.25, -0.2) is 0 Å². The van der Waals surface area contributed by atoms with Crippen LogP contribution < -0.4 is 10.6 Å². The van der Waals surface area contributed by atoms with Crippen LogP contribution >= 0.6 is 0 Å². The Hall–Kier alpha value is -2.62. The number of carbonyl (C=O) groups is 1. The Bertz CT molecular complexity index is 549. The zero-order chi connectivity index (χ0) is 15.1. The highest BCUT2D eigenvalue weighted by molar-refractivity contribution is 5.81. The van der Waals surface area contributed by atoms with Crippen LogP contribution in [-0.4, -0.2) is 23.9 Å². The normalized spacial score (nSPS) is 9.90. The lowest BCUT2D eigenvalue weighted by atomic mass is 10.2. The Kier molecular flexibility index (Phi) is 5.47. The maximum absolute atomic E-state index is 11.5. The summed E-state index contributed by atoms with van der Waals surface area (Å²) in [4.78, 5) is 21.9. The van der Waals surface area contributed by atoms with Crippen molar-refractivity contribution >= 4 is 17.3 Å². The largest absolute Gasteiger partial charge is 0.371 e. The molecule has 20 heavy (non-hydrogen) atoms. The zero-order valence-electron chi connectivity index (χ0n) is 11.3. The summed E-state index contributed by atoms with van der Waals surface area (Å²) in [5, 5.41) is 25.0. The average Bonchev–Trinajstić information content (AvgIpc) is 2.42. The molecule has 1 rings (SSSR count). The van der Waals surface area contributed by atoms with Crippen LogP contribution in [0.1, 0.15) is 19.4 Å². The summed E-state index contributed by atoms with van der Waals surface area (Å²) >= 11 is 0. The lowest BCUT2D eigenvalue weighted by Gasteiger charge is -2.09. The SMILES string of the molecule is CC(C)CNC(=O)CNc1cc(C#N)ccc1[N+](=O)[O-]. The standard InChI is InChI=1S/C13H16N4O3/c1-9(2)7-16-13(18)8-15-11-5-10(6-14)3-4-12(11)17(19)20/h3-5,9,15H,7-8H2,1-2H3,(H,16,18). The van der Waals surface area contributed by atoms with E-state index in [0.717, 1.165) is 0 Å². The topological polar surface area (TPSA) is 108 Å². The van der Waals surface area contributed by atoms with Crippen molar-refractivity contribution in [1.82, 2.24) is 5.32 Å². The number of rotatable bonds is 6. The molecule has 0 bridgehead atoms. The second-order valence-electron chi connectivity index (χ2n) is 4.65. The van der Waals surface area contributed by atoms with Gasteiger partial charge >= 0.3 is 0 Å². The van der Waals surface area contributed by atoms with E-state index < -0.39 is 4.92 Å². The Morgan fingerprint density at radius 3 is 2.75 bits per heavy atom. The second-order valence-corrected chi connectivity index (χ2v) is 4.65. The van der Waals surface area contributed by atoms with Gasteiger partial charge in [-0.1, -0.05) is 13.8 Å². The molecule has 0 radical (unpaired) electrons. The molecule has 0 heterocycles. The van der Waals surface area contributed by atoms with E-state index in [-0.39, 0.29) is 23.8 Å². The van der Waals surface area contributed by atoms with Gasteiger partial charge in [0.15, 0.2) is 0 Å². The molecule has 0 atom stereocenters. The fourth-order valence-electron chi connectivity index (χ4n) is 1.46. The highest BCUT2D eigenvalue weighted by Gasteiger charge is 2.15. The molecule has 0 saturated heterocycles. The van der Waals surface area contributed by atoms with Crippen LogP contribution in [0.25, 0.3) is 0 Å². The molecule has 0 saturated carbocycles. The van der Waals surface area contributed by atoms with E-state index in [2.05, 4.69) is 10.6 Å². The first kappa shape index (κ1) is 15.4. The lowest BCUT2D eigenvalue weighted by Crippen LogP contribution is -2.32. The summed E-state index contributed by atoms with van der Waals surface area (Å²) in [5.74, 6) is 0.0746. The van der Waals surface area contributed by atoms with E-state index in [1.54, 1.807) is 0 Å². The average molecular weight is 276 g/mol. The molecule has 106 valence electrons. The van der Waals surface area contributed by atoms with Crippen LogP contribution in [0.3, 0.4) is 0 Å². The molecule has 1 amide bonds. The number of hydrogen-bond donors (Lipinski definition) is 2. The van der Waals surface area contributed by atoms with Gasteiger partial charge in [0.1, 0.15) is 5.69 Å². The first-order valence-corrected chi connectivity index (χ1v) is 6.13. The Morgan fingerprint density at radius 2 is 2.20 bits per heavy atom. The van der Waals surface area contributed by atoms with Crippen molar-refractivity contribution in [1.29, 1.82) is 5.26 Å². The van der Waals surface area contributed by atoms with Crippen LogP contribution in [0.15, 0.2) is 18.2 Å². The molecule has 1 aromatic carbocycles. The van der Waals surface area contributed by atoms with Crippen molar-refractivity contribution in [3.8, 4) is 6.07 Å². The van der Waals surface area contributed by atoms with Crippen molar-refractivity contribution in [2.75, 3.05) is 18.4 Å². The summed E-state index contributed by atoms with van der Waals surface area (Å²) in [7, 11) is 0. The van der Waals surface area contributed by atoms with E-state index in [1.165, 1.54) is 18.2 Å². The Labute approximate surface area is 116 Å². The van der Waals surface area contributed by atoms with Gasteiger partial charge in [0.25, 0.3) is 5.69 Å². The number of benzene rings is 1. The molecule has 0 spiro atoms. The van der Waals surface area contributed by atoms with Gasteiger partial charge in [0.2, 0.25) is 5.91 Å². The predicted octanol–water partition coefficient (Wildman–Crippen LogP) is 1.65. The highest BCUT2D eigenvalue weighted by Crippen LogP contribution is 2.24. The number of nitrogens with zero attached hydrogens (tertiary/aromatic N) is 2. The van der Waals surface area contributed by atoms with Crippen molar-refractivity contribution in [3.05, 3.63) is 33.9 Å². The van der Waals surface area contributed by atoms with Gasteiger partial charge in [-0.3, -0.25) is 14.9 Å². The second kappa shape index (κ2) is 7.09. The number of nitriles is 1. The van der Waals surface area contributed by atoms with E-state index in [1.807, 2.05) is 19.9 Å². The first-order valence-electron chi connectivity index (χ1n) is 6.13. The minimum absolute atomic E-state index is 0.0809. The molecule has 7 heteroatoms. The summed E-state index contributed by atoms with van der Waals surface area (Å²) in [5.41, 5.74) is 0.287. The smallest absolute Gasteiger partial charge is 0.292 e. The number of nitrogens with one attached hydrogen (secondary N) is 2. The molecule has 0 aliphatic rings. The maximum atomic E-state index is 11.5. The number of nitro groups is 1. The van der Waals surface area contributed by atoms with Gasteiger partial charge in [0.05, 0.1) is 23.1 Å². The van der Waals surface area contributed by atoms with E-state index in [9.17, 15) is 14.9 Å². The van der Waals surface area contributed by atoms with Crippen molar-refractivity contribution in [2.45, 2.75) is 13.8 Å². The van der Waals surface area contributed by atoms with E-state index in [4.69, 9.17) is 5.26 Å².